The molecular weight excluding hydrogens is 443 g/mol. The Morgan fingerprint density at radius 3 is 2.62 bits per heavy atom. The molecule has 0 atom stereocenters. The maximum Gasteiger partial charge on any atom is 0.255 e. The normalized spacial score (nSPS) is 14.7. The molecule has 1 fully saturated rings. The van der Waals surface area contributed by atoms with E-state index in [9.17, 15) is 10.1 Å². The number of carbonyl (C=O) groups excluding carboxylic acids is 1. The van der Waals surface area contributed by atoms with Crippen molar-refractivity contribution in [2.45, 2.75) is 39.5 Å². The van der Waals surface area contributed by atoms with Crippen LogP contribution in [0, 0.1) is 24.2 Å². The van der Waals surface area contributed by atoms with Crippen LogP contribution in [0.2, 0.25) is 10.0 Å². The number of rotatable bonds is 4. The van der Waals surface area contributed by atoms with E-state index >= 15 is 0 Å². The van der Waals surface area contributed by atoms with E-state index in [0.717, 1.165) is 54.8 Å². The van der Waals surface area contributed by atoms with Gasteiger partial charge in [-0.2, -0.15) is 5.26 Å². The number of hydrogen-bond acceptors (Lipinski definition) is 3. The molecular formula is C25H26Cl2N4O. The molecule has 3 aromatic rings. The Hall–Kier alpha value is -2.55. The number of piperidine rings is 1. The van der Waals surface area contributed by atoms with Gasteiger partial charge in [-0.3, -0.25) is 4.79 Å². The minimum absolute atomic E-state index is 0.0398. The fourth-order valence-electron chi connectivity index (χ4n) is 4.53. The molecule has 4 rings (SSSR count). The van der Waals surface area contributed by atoms with Crippen LogP contribution in [0.4, 0.5) is 0 Å². The van der Waals surface area contributed by atoms with Gasteiger partial charge in [0, 0.05) is 31.6 Å². The molecule has 0 spiro atoms. The molecule has 1 aliphatic heterocycles. The van der Waals surface area contributed by atoms with E-state index in [1.54, 1.807) is 12.1 Å². The summed E-state index contributed by atoms with van der Waals surface area (Å²) in [5.74, 6) is 1.43. The quantitative estimate of drug-likeness (QED) is 0.477. The third kappa shape index (κ3) is 4.10. The Bertz CT molecular complexity index is 1230. The molecule has 0 unspecified atom stereocenters. The van der Waals surface area contributed by atoms with Gasteiger partial charge in [0.2, 0.25) is 0 Å². The molecule has 5 nitrogen and oxygen atoms in total. The third-order valence-corrected chi connectivity index (χ3v) is 7.42. The van der Waals surface area contributed by atoms with Gasteiger partial charge in [0.05, 0.1) is 33.3 Å². The first-order valence-corrected chi connectivity index (χ1v) is 11.7. The van der Waals surface area contributed by atoms with Crippen LogP contribution in [0.3, 0.4) is 0 Å². The first-order valence-electron chi connectivity index (χ1n) is 11.0. The zero-order chi connectivity index (χ0) is 23.0. The second kappa shape index (κ2) is 9.13. The molecule has 1 aliphatic rings. The molecule has 166 valence electrons. The topological polar surface area (TPSA) is 61.9 Å². The van der Waals surface area contributed by atoms with Crippen LogP contribution in [0.5, 0.6) is 0 Å². The summed E-state index contributed by atoms with van der Waals surface area (Å²) in [7, 11) is 1.92. The summed E-state index contributed by atoms with van der Waals surface area (Å²) in [5.41, 5.74) is 4.45. The fourth-order valence-corrected chi connectivity index (χ4v) is 5.11. The molecule has 1 aromatic heterocycles. The van der Waals surface area contributed by atoms with E-state index in [-0.39, 0.29) is 5.91 Å². The summed E-state index contributed by atoms with van der Waals surface area (Å²) in [6, 6.07) is 9.33. The van der Waals surface area contributed by atoms with Gasteiger partial charge in [0.1, 0.15) is 5.82 Å². The highest BCUT2D eigenvalue weighted by atomic mass is 35.5. The van der Waals surface area contributed by atoms with Crippen molar-refractivity contribution in [2.24, 2.45) is 13.0 Å². The van der Waals surface area contributed by atoms with E-state index in [2.05, 4.69) is 13.0 Å². The maximum atomic E-state index is 13.2. The largest absolute Gasteiger partial charge is 0.339 e. The molecule has 7 heteroatoms. The molecule has 2 aromatic carbocycles. The molecule has 32 heavy (non-hydrogen) atoms. The number of halogens is 2. The van der Waals surface area contributed by atoms with Crippen molar-refractivity contribution in [1.29, 1.82) is 5.26 Å². The van der Waals surface area contributed by atoms with Gasteiger partial charge in [0.25, 0.3) is 5.91 Å². The van der Waals surface area contributed by atoms with Gasteiger partial charge in [-0.05, 0) is 61.1 Å². The van der Waals surface area contributed by atoms with Crippen molar-refractivity contribution >= 4 is 40.1 Å². The van der Waals surface area contributed by atoms with Crippen LogP contribution < -0.4 is 0 Å². The first-order chi connectivity index (χ1) is 15.3. The van der Waals surface area contributed by atoms with Gasteiger partial charge >= 0.3 is 0 Å². The van der Waals surface area contributed by atoms with E-state index in [1.165, 1.54) is 0 Å². The predicted molar refractivity (Wildman–Crippen MR) is 128 cm³/mol. The minimum atomic E-state index is -0.0398. The Morgan fingerprint density at radius 1 is 1.25 bits per heavy atom. The lowest BCUT2D eigenvalue weighted by Gasteiger charge is -2.32. The van der Waals surface area contributed by atoms with Crippen molar-refractivity contribution in [3.05, 3.63) is 62.4 Å². The zero-order valence-electron chi connectivity index (χ0n) is 18.6. The van der Waals surface area contributed by atoms with Crippen molar-refractivity contribution in [3.63, 3.8) is 0 Å². The number of benzene rings is 2. The van der Waals surface area contributed by atoms with Crippen molar-refractivity contribution in [3.8, 4) is 6.07 Å². The summed E-state index contributed by atoms with van der Waals surface area (Å²) < 4.78 is 1.96. The standard InChI is InChI=1S/C25H26Cl2N4O/c1-4-16-7-9-31(10-8-16)25(32)18-5-6-20(26)19(23(18)27)13-22-29-24-15(2)11-17(14-28)12-21(24)30(22)3/h5-6,11-12,16H,4,7-10,13H2,1-3H3. The summed E-state index contributed by atoms with van der Waals surface area (Å²) in [6.07, 6.45) is 3.61. The number of aryl methyl sites for hydroxylation is 2. The number of nitrogens with zero attached hydrogens (tertiary/aromatic N) is 4. The lowest BCUT2D eigenvalue weighted by molar-refractivity contribution is 0.0689. The second-order valence-electron chi connectivity index (χ2n) is 8.57. The van der Waals surface area contributed by atoms with E-state index in [4.69, 9.17) is 28.2 Å². The average molecular weight is 469 g/mol. The van der Waals surface area contributed by atoms with Crippen LogP contribution in [0.1, 0.15) is 59.1 Å². The molecule has 0 saturated carbocycles. The summed E-state index contributed by atoms with van der Waals surface area (Å²) >= 11 is 13.3. The average Bonchev–Trinajstić information content (AvgIpc) is 3.12. The lowest BCUT2D eigenvalue weighted by atomic mass is 9.94. The van der Waals surface area contributed by atoms with Crippen molar-refractivity contribution < 1.29 is 4.79 Å². The van der Waals surface area contributed by atoms with E-state index in [1.807, 2.05) is 35.6 Å². The highest BCUT2D eigenvalue weighted by molar-refractivity contribution is 6.38. The highest BCUT2D eigenvalue weighted by Gasteiger charge is 2.26. The first kappa shape index (κ1) is 22.6. The predicted octanol–water partition coefficient (Wildman–Crippen LogP) is 5.91. The summed E-state index contributed by atoms with van der Waals surface area (Å²) in [5, 5.41) is 10.2. The Morgan fingerprint density at radius 2 is 1.97 bits per heavy atom. The van der Waals surface area contributed by atoms with Gasteiger partial charge in [-0.1, -0.05) is 36.5 Å². The number of nitriles is 1. The number of likely N-dealkylation sites (tertiary alicyclic amines) is 1. The van der Waals surface area contributed by atoms with Crippen LogP contribution >= 0.6 is 23.2 Å². The van der Waals surface area contributed by atoms with Crippen LogP contribution in [-0.4, -0.2) is 33.4 Å². The molecule has 0 aliphatic carbocycles. The fraction of sp³-hybridized carbons (Fsp3) is 0.400. The number of hydrogen-bond donors (Lipinski definition) is 0. The molecule has 1 amide bonds. The smallest absolute Gasteiger partial charge is 0.255 e. The second-order valence-corrected chi connectivity index (χ2v) is 9.35. The van der Waals surface area contributed by atoms with E-state index < -0.39 is 0 Å². The number of amides is 1. The Kier molecular flexibility index (Phi) is 6.46. The summed E-state index contributed by atoms with van der Waals surface area (Å²) in [6.45, 7) is 5.67. The minimum Gasteiger partial charge on any atom is -0.339 e. The molecule has 2 heterocycles. The van der Waals surface area contributed by atoms with Gasteiger partial charge < -0.3 is 9.47 Å². The van der Waals surface area contributed by atoms with Crippen LogP contribution in [-0.2, 0) is 13.5 Å². The van der Waals surface area contributed by atoms with Crippen molar-refractivity contribution in [2.75, 3.05) is 13.1 Å². The SMILES string of the molecule is CCC1CCN(C(=O)c2ccc(Cl)c(Cc3nc4c(C)cc(C#N)cc4n3C)c2Cl)CC1. The lowest BCUT2D eigenvalue weighted by Crippen LogP contribution is -2.38. The van der Waals surface area contributed by atoms with Gasteiger partial charge in [-0.25, -0.2) is 4.98 Å². The number of imidazole rings is 1. The van der Waals surface area contributed by atoms with Crippen molar-refractivity contribution in [1.82, 2.24) is 14.5 Å². The Labute approximate surface area is 198 Å². The number of carbonyl (C=O) groups is 1. The maximum absolute atomic E-state index is 13.2. The van der Waals surface area contributed by atoms with Crippen LogP contribution in [0.15, 0.2) is 24.3 Å². The molecule has 0 N–H and O–H groups in total. The van der Waals surface area contributed by atoms with E-state index in [0.29, 0.717) is 39.1 Å². The zero-order valence-corrected chi connectivity index (χ0v) is 20.1. The number of fused-ring (bicyclic) bond motifs is 1. The third-order valence-electron chi connectivity index (χ3n) is 6.63. The molecule has 1 saturated heterocycles. The molecule has 0 bridgehead atoms. The van der Waals surface area contributed by atoms with Gasteiger partial charge in [0.15, 0.2) is 0 Å². The monoisotopic (exact) mass is 468 g/mol. The number of aromatic nitrogens is 2. The highest BCUT2D eigenvalue weighted by Crippen LogP contribution is 2.33. The molecule has 0 radical (unpaired) electrons. The van der Waals surface area contributed by atoms with Gasteiger partial charge in [-0.15, -0.1) is 0 Å². The summed E-state index contributed by atoms with van der Waals surface area (Å²) in [4.78, 5) is 19.9. The van der Waals surface area contributed by atoms with Crippen LogP contribution in [0.25, 0.3) is 11.0 Å². The Balaban J connectivity index is 1.67.